The lowest BCUT2D eigenvalue weighted by Crippen LogP contribution is -2.25. The van der Waals surface area contributed by atoms with Gasteiger partial charge in [0.25, 0.3) is 0 Å². The molecule has 5 heteroatoms. The maximum absolute atomic E-state index is 6.13. The number of benzene rings is 1. The Kier molecular flexibility index (Phi) is 3.73. The summed E-state index contributed by atoms with van der Waals surface area (Å²) in [5.74, 6) is 0. The molecular weight excluding hydrogens is 278 g/mol. The zero-order chi connectivity index (χ0) is 13.2. The zero-order valence-electron chi connectivity index (χ0n) is 10.6. The first-order valence-corrected chi connectivity index (χ1v) is 7.64. The fourth-order valence-corrected chi connectivity index (χ4v) is 3.71. The summed E-state index contributed by atoms with van der Waals surface area (Å²) in [4.78, 5) is 7.87. The molecule has 0 spiro atoms. The average molecular weight is 294 g/mol. The minimum Gasteiger partial charge on any atom is -0.375 e. The van der Waals surface area contributed by atoms with Crippen molar-refractivity contribution in [3.8, 4) is 0 Å². The maximum atomic E-state index is 6.13. The highest BCUT2D eigenvalue weighted by Crippen LogP contribution is 2.35. The fourth-order valence-electron chi connectivity index (χ4n) is 2.66. The molecule has 3 nitrogen and oxygen atoms in total. The van der Waals surface area contributed by atoms with Gasteiger partial charge in [-0.25, -0.2) is 4.98 Å². The molecule has 1 aromatic carbocycles. The van der Waals surface area contributed by atoms with Crippen molar-refractivity contribution in [1.82, 2.24) is 9.88 Å². The summed E-state index contributed by atoms with van der Waals surface area (Å²) in [6, 6.07) is 8.32. The van der Waals surface area contributed by atoms with Gasteiger partial charge in [0.05, 0.1) is 6.04 Å². The van der Waals surface area contributed by atoms with E-state index in [-0.39, 0.29) is 6.04 Å². The molecule has 0 saturated carbocycles. The van der Waals surface area contributed by atoms with Gasteiger partial charge in [0.15, 0.2) is 5.13 Å². The van der Waals surface area contributed by atoms with Crippen molar-refractivity contribution in [2.24, 2.45) is 0 Å². The van der Waals surface area contributed by atoms with Crippen molar-refractivity contribution >= 4 is 28.1 Å². The molecule has 1 unspecified atom stereocenters. The lowest BCUT2D eigenvalue weighted by Gasteiger charge is -2.26. The number of rotatable bonds is 3. The SMILES string of the molecule is Nc1ncc(C(c2cccc(Cl)c2)N2CCCC2)s1. The summed E-state index contributed by atoms with van der Waals surface area (Å²) in [7, 11) is 0. The number of anilines is 1. The highest BCUT2D eigenvalue weighted by molar-refractivity contribution is 7.15. The van der Waals surface area contributed by atoms with Crippen LogP contribution >= 0.6 is 22.9 Å². The van der Waals surface area contributed by atoms with E-state index in [2.05, 4.69) is 16.0 Å². The van der Waals surface area contributed by atoms with E-state index in [1.54, 1.807) is 11.3 Å². The number of hydrogen-bond donors (Lipinski definition) is 1. The minimum atomic E-state index is 0.232. The molecule has 1 aliphatic heterocycles. The Morgan fingerprint density at radius 3 is 2.74 bits per heavy atom. The molecule has 1 atom stereocenters. The number of thiazole rings is 1. The summed E-state index contributed by atoms with van der Waals surface area (Å²) in [6.07, 6.45) is 4.40. The largest absolute Gasteiger partial charge is 0.375 e. The van der Waals surface area contributed by atoms with E-state index in [9.17, 15) is 0 Å². The second-order valence-electron chi connectivity index (χ2n) is 4.80. The lowest BCUT2D eigenvalue weighted by atomic mass is 10.0. The van der Waals surface area contributed by atoms with Gasteiger partial charge in [-0.3, -0.25) is 4.90 Å². The van der Waals surface area contributed by atoms with Gasteiger partial charge in [-0.2, -0.15) is 0 Å². The second kappa shape index (κ2) is 5.49. The summed E-state index contributed by atoms with van der Waals surface area (Å²) in [5.41, 5.74) is 7.01. The Morgan fingerprint density at radius 2 is 2.11 bits per heavy atom. The van der Waals surface area contributed by atoms with Gasteiger partial charge in [0.1, 0.15) is 0 Å². The number of halogens is 1. The molecule has 3 rings (SSSR count). The van der Waals surface area contributed by atoms with Crippen LogP contribution in [0.5, 0.6) is 0 Å². The van der Waals surface area contributed by atoms with Crippen LogP contribution in [0.3, 0.4) is 0 Å². The van der Waals surface area contributed by atoms with Gasteiger partial charge < -0.3 is 5.73 Å². The second-order valence-corrected chi connectivity index (χ2v) is 6.33. The number of nitrogen functional groups attached to an aromatic ring is 1. The molecular formula is C14H16ClN3S. The summed E-state index contributed by atoms with van der Waals surface area (Å²) >= 11 is 7.70. The monoisotopic (exact) mass is 293 g/mol. The third-order valence-electron chi connectivity index (χ3n) is 3.48. The van der Waals surface area contributed by atoms with E-state index in [4.69, 9.17) is 17.3 Å². The van der Waals surface area contributed by atoms with E-state index < -0.39 is 0 Å². The molecule has 2 aromatic rings. The number of likely N-dealkylation sites (tertiary alicyclic amines) is 1. The summed E-state index contributed by atoms with van der Waals surface area (Å²) in [6.45, 7) is 2.24. The Morgan fingerprint density at radius 1 is 1.32 bits per heavy atom. The number of aromatic nitrogens is 1. The fraction of sp³-hybridized carbons (Fsp3) is 0.357. The van der Waals surface area contributed by atoms with E-state index >= 15 is 0 Å². The van der Waals surface area contributed by atoms with Gasteiger partial charge in [0.2, 0.25) is 0 Å². The molecule has 19 heavy (non-hydrogen) atoms. The van der Waals surface area contributed by atoms with Crippen LogP contribution < -0.4 is 5.73 Å². The highest BCUT2D eigenvalue weighted by Gasteiger charge is 2.26. The lowest BCUT2D eigenvalue weighted by molar-refractivity contribution is 0.284. The van der Waals surface area contributed by atoms with Crippen LogP contribution in [0.25, 0.3) is 0 Å². The molecule has 1 aromatic heterocycles. The van der Waals surface area contributed by atoms with E-state index in [0.29, 0.717) is 5.13 Å². The predicted octanol–water partition coefficient (Wildman–Crippen LogP) is 3.56. The molecule has 0 radical (unpaired) electrons. The molecule has 1 aliphatic rings. The quantitative estimate of drug-likeness (QED) is 0.941. The molecule has 0 aliphatic carbocycles. The predicted molar refractivity (Wildman–Crippen MR) is 80.6 cm³/mol. The molecule has 0 amide bonds. The van der Waals surface area contributed by atoms with Crippen molar-refractivity contribution in [1.29, 1.82) is 0 Å². The number of nitrogens with zero attached hydrogens (tertiary/aromatic N) is 2. The van der Waals surface area contributed by atoms with Crippen molar-refractivity contribution in [3.05, 3.63) is 45.9 Å². The Bertz CT molecular complexity index is 563. The van der Waals surface area contributed by atoms with Crippen LogP contribution in [0.2, 0.25) is 5.02 Å². The Balaban J connectivity index is 2.00. The van der Waals surface area contributed by atoms with Crippen molar-refractivity contribution in [2.45, 2.75) is 18.9 Å². The van der Waals surface area contributed by atoms with Gasteiger partial charge in [-0.15, -0.1) is 11.3 Å². The Hall–Kier alpha value is -1.10. The first-order chi connectivity index (χ1) is 9.24. The van der Waals surface area contributed by atoms with E-state index in [0.717, 1.165) is 18.1 Å². The van der Waals surface area contributed by atoms with Crippen molar-refractivity contribution < 1.29 is 0 Å². The average Bonchev–Trinajstić information content (AvgIpc) is 3.02. The van der Waals surface area contributed by atoms with Crippen LogP contribution in [0.4, 0.5) is 5.13 Å². The van der Waals surface area contributed by atoms with Crippen LogP contribution in [0, 0.1) is 0 Å². The first kappa shape index (κ1) is 12.9. The van der Waals surface area contributed by atoms with Crippen molar-refractivity contribution in [3.63, 3.8) is 0 Å². The van der Waals surface area contributed by atoms with Crippen LogP contribution in [-0.2, 0) is 0 Å². The van der Waals surface area contributed by atoms with Crippen molar-refractivity contribution in [2.75, 3.05) is 18.8 Å². The van der Waals surface area contributed by atoms with Gasteiger partial charge in [0, 0.05) is 16.1 Å². The van der Waals surface area contributed by atoms with E-state index in [1.807, 2.05) is 24.4 Å². The van der Waals surface area contributed by atoms with Gasteiger partial charge in [-0.05, 0) is 43.6 Å². The zero-order valence-corrected chi connectivity index (χ0v) is 12.1. The molecule has 0 bridgehead atoms. The third-order valence-corrected chi connectivity index (χ3v) is 4.60. The molecule has 1 saturated heterocycles. The number of hydrogen-bond acceptors (Lipinski definition) is 4. The molecule has 100 valence electrons. The number of nitrogens with two attached hydrogens (primary N) is 1. The third kappa shape index (κ3) is 2.76. The van der Waals surface area contributed by atoms with Crippen LogP contribution in [0.1, 0.15) is 29.3 Å². The standard InChI is InChI=1S/C14H16ClN3S/c15-11-5-3-4-10(8-11)13(18-6-1-2-7-18)12-9-17-14(16)19-12/h3-5,8-9,13H,1-2,6-7H2,(H2,16,17). The van der Waals surface area contributed by atoms with Crippen LogP contribution in [0.15, 0.2) is 30.5 Å². The molecule has 2 N–H and O–H groups in total. The van der Waals surface area contributed by atoms with E-state index in [1.165, 1.54) is 23.3 Å². The van der Waals surface area contributed by atoms with Crippen LogP contribution in [-0.4, -0.2) is 23.0 Å². The van der Waals surface area contributed by atoms with Gasteiger partial charge in [-0.1, -0.05) is 23.7 Å². The topological polar surface area (TPSA) is 42.1 Å². The minimum absolute atomic E-state index is 0.232. The smallest absolute Gasteiger partial charge is 0.180 e. The maximum Gasteiger partial charge on any atom is 0.180 e. The summed E-state index contributed by atoms with van der Waals surface area (Å²) < 4.78 is 0. The Labute approximate surface area is 122 Å². The normalized spacial score (nSPS) is 17.7. The van der Waals surface area contributed by atoms with Gasteiger partial charge >= 0.3 is 0 Å². The molecule has 2 heterocycles. The molecule has 1 fully saturated rings. The summed E-state index contributed by atoms with van der Waals surface area (Å²) in [5, 5.41) is 1.40. The first-order valence-electron chi connectivity index (χ1n) is 6.45. The highest BCUT2D eigenvalue weighted by atomic mass is 35.5.